The Morgan fingerprint density at radius 1 is 1.33 bits per heavy atom. The van der Waals surface area contributed by atoms with Gasteiger partial charge in [-0.15, -0.1) is 0 Å². The maximum atomic E-state index is 13.5. The fourth-order valence-corrected chi connectivity index (χ4v) is 3.24. The van der Waals surface area contributed by atoms with Gasteiger partial charge in [-0.25, -0.2) is 9.18 Å². The quantitative estimate of drug-likeness (QED) is 0.626. The second-order valence-corrected chi connectivity index (χ2v) is 5.95. The fraction of sp³-hybridized carbons (Fsp3) is 0.133. The Morgan fingerprint density at radius 2 is 2.10 bits per heavy atom. The van der Waals surface area contributed by atoms with Gasteiger partial charge in [-0.2, -0.15) is 0 Å². The lowest BCUT2D eigenvalue weighted by Gasteiger charge is -2.12. The highest BCUT2D eigenvalue weighted by Gasteiger charge is 2.17. The van der Waals surface area contributed by atoms with Crippen molar-refractivity contribution in [3.63, 3.8) is 0 Å². The van der Waals surface area contributed by atoms with Crippen LogP contribution in [0.4, 0.5) is 4.39 Å². The molecule has 0 saturated heterocycles. The van der Waals surface area contributed by atoms with Crippen LogP contribution in [-0.4, -0.2) is 4.57 Å². The van der Waals surface area contributed by atoms with Crippen LogP contribution < -0.4 is 5.76 Å². The van der Waals surface area contributed by atoms with Crippen LogP contribution in [0.15, 0.2) is 45.6 Å². The third kappa shape index (κ3) is 2.40. The monoisotopic (exact) mass is 369 g/mol. The Hall–Kier alpha value is -1.59. The molecule has 3 rings (SSSR count). The van der Waals surface area contributed by atoms with E-state index in [0.717, 1.165) is 5.56 Å². The molecule has 1 atom stereocenters. The van der Waals surface area contributed by atoms with Gasteiger partial charge < -0.3 is 4.42 Å². The number of aryl methyl sites for hydroxylation is 1. The summed E-state index contributed by atoms with van der Waals surface area (Å²) in [7, 11) is 1.64. The van der Waals surface area contributed by atoms with Crippen LogP contribution >= 0.6 is 27.5 Å². The number of aromatic nitrogens is 1. The molecule has 0 aliphatic rings. The molecule has 1 heterocycles. The molecule has 0 fully saturated rings. The van der Waals surface area contributed by atoms with E-state index < -0.39 is 11.6 Å². The number of hydrogen-bond donors (Lipinski definition) is 0. The van der Waals surface area contributed by atoms with Crippen LogP contribution in [0, 0.1) is 5.82 Å². The summed E-state index contributed by atoms with van der Waals surface area (Å²) < 4.78 is 20.1. The summed E-state index contributed by atoms with van der Waals surface area (Å²) in [6, 6.07) is 10.0. The second kappa shape index (κ2) is 5.31. The van der Waals surface area contributed by atoms with E-state index in [1.165, 1.54) is 10.6 Å². The van der Waals surface area contributed by atoms with Gasteiger partial charge in [0.05, 0.1) is 15.4 Å². The molecule has 0 radical (unpaired) electrons. The maximum Gasteiger partial charge on any atom is 0.419 e. The van der Waals surface area contributed by atoms with Crippen LogP contribution in [0.3, 0.4) is 0 Å². The zero-order chi connectivity index (χ0) is 15.1. The first kappa shape index (κ1) is 14.4. The Bertz CT molecular complexity index is 887. The highest BCUT2D eigenvalue weighted by atomic mass is 79.9. The molecule has 0 aliphatic carbocycles. The largest absolute Gasteiger partial charge is 0.419 e. The first-order valence-electron chi connectivity index (χ1n) is 6.16. The van der Waals surface area contributed by atoms with Crippen molar-refractivity contribution < 1.29 is 8.81 Å². The first-order chi connectivity index (χ1) is 9.99. The number of halogens is 3. The number of fused-ring (bicyclic) bond motifs is 1. The van der Waals surface area contributed by atoms with E-state index in [0.29, 0.717) is 16.7 Å². The van der Waals surface area contributed by atoms with Crippen molar-refractivity contribution in [2.45, 2.75) is 4.83 Å². The molecule has 1 unspecified atom stereocenters. The smallest absolute Gasteiger partial charge is 0.408 e. The van der Waals surface area contributed by atoms with Crippen LogP contribution in [0.1, 0.15) is 16.0 Å². The topological polar surface area (TPSA) is 35.1 Å². The lowest BCUT2D eigenvalue weighted by Crippen LogP contribution is -2.08. The number of nitrogens with zero attached hydrogens (tertiary/aromatic N) is 1. The third-order valence-electron chi connectivity index (χ3n) is 3.36. The lowest BCUT2D eigenvalue weighted by molar-refractivity contribution is 0.528. The van der Waals surface area contributed by atoms with E-state index in [1.54, 1.807) is 31.3 Å². The Balaban J connectivity index is 2.11. The number of oxazole rings is 1. The summed E-state index contributed by atoms with van der Waals surface area (Å²) in [5, 5.41) is 0.0778. The normalized spacial score (nSPS) is 12.8. The van der Waals surface area contributed by atoms with E-state index >= 15 is 0 Å². The first-order valence-corrected chi connectivity index (χ1v) is 7.46. The van der Waals surface area contributed by atoms with Gasteiger partial charge in [-0.1, -0.05) is 45.7 Å². The average molecular weight is 371 g/mol. The third-order valence-corrected chi connectivity index (χ3v) is 4.78. The summed E-state index contributed by atoms with van der Waals surface area (Å²) in [5.41, 5.74) is 2.63. The molecular weight excluding hydrogens is 361 g/mol. The summed E-state index contributed by atoms with van der Waals surface area (Å²) in [6.07, 6.45) is 0. The van der Waals surface area contributed by atoms with Gasteiger partial charge in [0.25, 0.3) is 0 Å². The van der Waals surface area contributed by atoms with Crippen molar-refractivity contribution in [2.75, 3.05) is 0 Å². The van der Waals surface area contributed by atoms with Crippen molar-refractivity contribution >= 4 is 38.6 Å². The van der Waals surface area contributed by atoms with Crippen LogP contribution in [0.25, 0.3) is 11.1 Å². The molecule has 3 nitrogen and oxygen atoms in total. The predicted octanol–water partition coefficient (Wildman–Crippen LogP) is 4.41. The van der Waals surface area contributed by atoms with Crippen LogP contribution in [0.5, 0.6) is 0 Å². The van der Waals surface area contributed by atoms with Gasteiger partial charge in [0.1, 0.15) is 5.82 Å². The van der Waals surface area contributed by atoms with Crippen molar-refractivity contribution in [3.05, 3.63) is 68.9 Å². The van der Waals surface area contributed by atoms with Crippen molar-refractivity contribution in [2.24, 2.45) is 7.05 Å². The Kier molecular flexibility index (Phi) is 3.63. The van der Waals surface area contributed by atoms with Crippen molar-refractivity contribution in [1.29, 1.82) is 0 Å². The van der Waals surface area contributed by atoms with Gasteiger partial charge in [-0.05, 0) is 29.3 Å². The highest BCUT2D eigenvalue weighted by Crippen LogP contribution is 2.37. The molecule has 1 aromatic heterocycles. The fourth-order valence-electron chi connectivity index (χ4n) is 2.20. The van der Waals surface area contributed by atoms with E-state index in [4.69, 9.17) is 16.0 Å². The van der Waals surface area contributed by atoms with Crippen LogP contribution in [0.2, 0.25) is 5.02 Å². The molecule has 2 aromatic carbocycles. The van der Waals surface area contributed by atoms with Crippen LogP contribution in [-0.2, 0) is 7.05 Å². The summed E-state index contributed by atoms with van der Waals surface area (Å²) in [5.74, 6) is -0.886. The SMILES string of the molecule is Cn1c(=O)oc2cc(C(Br)c3cccc(F)c3Cl)ccc21. The molecule has 108 valence electrons. The van der Waals surface area contributed by atoms with Gasteiger partial charge in [-0.3, -0.25) is 4.57 Å². The molecule has 0 aliphatic heterocycles. The average Bonchev–Trinajstić information content (AvgIpc) is 2.76. The number of hydrogen-bond acceptors (Lipinski definition) is 2. The predicted molar refractivity (Wildman–Crippen MR) is 83.6 cm³/mol. The minimum atomic E-state index is -0.467. The zero-order valence-electron chi connectivity index (χ0n) is 10.9. The number of alkyl halides is 1. The molecule has 0 saturated carbocycles. The zero-order valence-corrected chi connectivity index (χ0v) is 13.3. The number of benzene rings is 2. The molecule has 0 spiro atoms. The highest BCUT2D eigenvalue weighted by molar-refractivity contribution is 9.09. The molecular formula is C15H10BrClFNO2. The summed E-state index contributed by atoms with van der Waals surface area (Å²) in [4.78, 5) is 11.2. The molecule has 21 heavy (non-hydrogen) atoms. The van der Waals surface area contributed by atoms with Gasteiger partial charge in [0, 0.05) is 7.05 Å². The maximum absolute atomic E-state index is 13.5. The lowest BCUT2D eigenvalue weighted by atomic mass is 10.0. The number of rotatable bonds is 2. The Morgan fingerprint density at radius 3 is 2.86 bits per heavy atom. The van der Waals surface area contributed by atoms with Crippen molar-refractivity contribution in [3.8, 4) is 0 Å². The minimum absolute atomic E-state index is 0.0778. The van der Waals surface area contributed by atoms with Gasteiger partial charge in [0.15, 0.2) is 5.58 Å². The van der Waals surface area contributed by atoms with E-state index in [2.05, 4.69) is 15.9 Å². The summed E-state index contributed by atoms with van der Waals surface area (Å²) >= 11 is 9.52. The Labute approximate surface area is 133 Å². The van der Waals surface area contributed by atoms with Gasteiger partial charge >= 0.3 is 5.76 Å². The molecule has 0 N–H and O–H groups in total. The second-order valence-electron chi connectivity index (χ2n) is 4.66. The van der Waals surface area contributed by atoms with E-state index in [-0.39, 0.29) is 9.85 Å². The van der Waals surface area contributed by atoms with E-state index in [9.17, 15) is 9.18 Å². The molecule has 6 heteroatoms. The molecule has 0 bridgehead atoms. The standard InChI is InChI=1S/C15H10BrClFNO2/c1-19-11-6-5-8(7-12(11)21-15(19)20)13(16)9-3-2-4-10(18)14(9)17/h2-7,13H,1H3. The molecule has 0 amide bonds. The van der Waals surface area contributed by atoms with Gasteiger partial charge in [0.2, 0.25) is 0 Å². The minimum Gasteiger partial charge on any atom is -0.408 e. The molecule has 3 aromatic rings. The summed E-state index contributed by atoms with van der Waals surface area (Å²) in [6.45, 7) is 0. The van der Waals surface area contributed by atoms with E-state index in [1.807, 2.05) is 6.07 Å². The van der Waals surface area contributed by atoms with Crippen molar-refractivity contribution in [1.82, 2.24) is 4.57 Å².